The largest absolute Gasteiger partial charge is 0.508 e. The smallest absolute Gasteiger partial charge is 0.115 e. The van der Waals surface area contributed by atoms with Crippen molar-refractivity contribution in [2.45, 2.75) is 51.1 Å². The minimum Gasteiger partial charge on any atom is -0.508 e. The van der Waals surface area contributed by atoms with Gasteiger partial charge in [0.25, 0.3) is 0 Å². The zero-order chi connectivity index (χ0) is 14.6. The maximum Gasteiger partial charge on any atom is 0.115 e. The standard InChI is InChI=1S/C17H28N2O/c1-14(4-5-15-6-8-16(20)9-7-15)19-12-10-17(2,18-3)11-13-19/h6-9,14,18,20H,4-5,10-13H2,1-3H3. The third-order valence-corrected chi connectivity index (χ3v) is 4.92. The van der Waals surface area contributed by atoms with Crippen molar-refractivity contribution in [3.8, 4) is 5.75 Å². The molecule has 0 amide bonds. The second-order valence-corrected chi connectivity index (χ2v) is 6.40. The molecule has 1 heterocycles. The number of phenols is 1. The van der Waals surface area contributed by atoms with E-state index in [1.165, 1.54) is 37.9 Å². The summed E-state index contributed by atoms with van der Waals surface area (Å²) in [5.41, 5.74) is 1.64. The van der Waals surface area contributed by atoms with Crippen LogP contribution < -0.4 is 5.32 Å². The van der Waals surface area contributed by atoms with Crippen molar-refractivity contribution in [3.05, 3.63) is 29.8 Å². The fourth-order valence-electron chi connectivity index (χ4n) is 2.93. The molecule has 0 aliphatic carbocycles. The minimum atomic E-state index is 0.327. The van der Waals surface area contributed by atoms with Gasteiger partial charge in [0.05, 0.1) is 0 Å². The topological polar surface area (TPSA) is 35.5 Å². The monoisotopic (exact) mass is 276 g/mol. The van der Waals surface area contributed by atoms with E-state index in [9.17, 15) is 5.11 Å². The SMILES string of the molecule is CNC1(C)CCN(C(C)CCc2ccc(O)cc2)CC1. The molecular weight excluding hydrogens is 248 g/mol. The summed E-state index contributed by atoms with van der Waals surface area (Å²) >= 11 is 0. The van der Waals surface area contributed by atoms with Crippen LogP contribution in [0.2, 0.25) is 0 Å². The molecule has 2 N–H and O–H groups in total. The molecule has 0 bridgehead atoms. The Morgan fingerprint density at radius 3 is 2.40 bits per heavy atom. The van der Waals surface area contributed by atoms with Gasteiger partial charge in [0, 0.05) is 24.7 Å². The van der Waals surface area contributed by atoms with Gasteiger partial charge in [-0.05, 0) is 64.3 Å². The predicted octanol–water partition coefficient (Wildman–Crippen LogP) is 2.79. The number of hydrogen-bond acceptors (Lipinski definition) is 3. The first kappa shape index (κ1) is 15.3. The predicted molar refractivity (Wildman–Crippen MR) is 84.2 cm³/mol. The number of benzene rings is 1. The average molecular weight is 276 g/mol. The number of phenolic OH excluding ortho intramolecular Hbond substituents is 1. The minimum absolute atomic E-state index is 0.327. The Balaban J connectivity index is 1.78. The lowest BCUT2D eigenvalue weighted by Crippen LogP contribution is -2.52. The molecule has 3 nitrogen and oxygen atoms in total. The van der Waals surface area contributed by atoms with Gasteiger partial charge in [0.1, 0.15) is 5.75 Å². The molecule has 1 atom stereocenters. The van der Waals surface area contributed by atoms with Crippen LogP contribution in [0, 0.1) is 0 Å². The van der Waals surface area contributed by atoms with Crippen molar-refractivity contribution in [1.82, 2.24) is 10.2 Å². The highest BCUT2D eigenvalue weighted by molar-refractivity contribution is 5.25. The molecule has 20 heavy (non-hydrogen) atoms. The third-order valence-electron chi connectivity index (χ3n) is 4.92. The number of aryl methyl sites for hydroxylation is 1. The number of hydrogen-bond donors (Lipinski definition) is 2. The first-order valence-electron chi connectivity index (χ1n) is 7.73. The van der Waals surface area contributed by atoms with Gasteiger partial charge < -0.3 is 15.3 Å². The van der Waals surface area contributed by atoms with Crippen LogP contribution in [0.15, 0.2) is 24.3 Å². The molecule has 1 aliphatic rings. The van der Waals surface area contributed by atoms with Crippen molar-refractivity contribution in [3.63, 3.8) is 0 Å². The lowest BCUT2D eigenvalue weighted by atomic mass is 9.89. The molecule has 0 aromatic heterocycles. The van der Waals surface area contributed by atoms with Crippen molar-refractivity contribution in [2.24, 2.45) is 0 Å². The molecule has 0 spiro atoms. The van der Waals surface area contributed by atoms with Crippen molar-refractivity contribution in [2.75, 3.05) is 20.1 Å². The Hall–Kier alpha value is -1.06. The summed E-state index contributed by atoms with van der Waals surface area (Å²) in [4.78, 5) is 2.61. The average Bonchev–Trinajstić information content (AvgIpc) is 2.47. The Bertz CT molecular complexity index is 408. The van der Waals surface area contributed by atoms with E-state index < -0.39 is 0 Å². The zero-order valence-corrected chi connectivity index (χ0v) is 13.0. The fourth-order valence-corrected chi connectivity index (χ4v) is 2.93. The van der Waals surface area contributed by atoms with E-state index in [2.05, 4.69) is 31.1 Å². The number of rotatable bonds is 5. The second-order valence-electron chi connectivity index (χ2n) is 6.40. The quantitative estimate of drug-likeness (QED) is 0.868. The molecule has 0 saturated carbocycles. The maximum absolute atomic E-state index is 9.30. The highest BCUT2D eigenvalue weighted by Crippen LogP contribution is 2.23. The van der Waals surface area contributed by atoms with Gasteiger partial charge in [-0.1, -0.05) is 12.1 Å². The Morgan fingerprint density at radius 1 is 1.25 bits per heavy atom. The normalized spacial score (nSPS) is 20.8. The molecule has 1 aromatic carbocycles. The first-order valence-corrected chi connectivity index (χ1v) is 7.73. The molecular formula is C17H28N2O. The van der Waals surface area contributed by atoms with E-state index in [-0.39, 0.29) is 0 Å². The molecule has 1 saturated heterocycles. The number of aromatic hydroxyl groups is 1. The molecule has 0 radical (unpaired) electrons. The third kappa shape index (κ3) is 3.97. The lowest BCUT2D eigenvalue weighted by molar-refractivity contribution is 0.113. The summed E-state index contributed by atoms with van der Waals surface area (Å²) in [6, 6.07) is 8.23. The second kappa shape index (κ2) is 6.59. The van der Waals surface area contributed by atoms with Crippen LogP contribution in [0.3, 0.4) is 0 Å². The summed E-state index contributed by atoms with van der Waals surface area (Å²) in [6.45, 7) is 7.04. The Morgan fingerprint density at radius 2 is 1.85 bits per heavy atom. The number of nitrogens with one attached hydrogen (secondary N) is 1. The maximum atomic E-state index is 9.30. The van der Waals surface area contributed by atoms with Crippen LogP contribution in [0.25, 0.3) is 0 Å². The zero-order valence-electron chi connectivity index (χ0n) is 13.0. The van der Waals surface area contributed by atoms with Crippen LogP contribution in [-0.4, -0.2) is 41.7 Å². The van der Waals surface area contributed by atoms with Crippen LogP contribution >= 0.6 is 0 Å². The molecule has 1 unspecified atom stereocenters. The van der Waals surface area contributed by atoms with E-state index in [4.69, 9.17) is 0 Å². The summed E-state index contributed by atoms with van der Waals surface area (Å²) in [6.07, 6.45) is 4.72. The van der Waals surface area contributed by atoms with E-state index in [1.807, 2.05) is 12.1 Å². The van der Waals surface area contributed by atoms with Crippen molar-refractivity contribution < 1.29 is 5.11 Å². The van der Waals surface area contributed by atoms with Gasteiger partial charge in [-0.15, -0.1) is 0 Å². The highest BCUT2D eigenvalue weighted by atomic mass is 16.3. The summed E-state index contributed by atoms with van der Waals surface area (Å²) < 4.78 is 0. The van der Waals surface area contributed by atoms with Crippen molar-refractivity contribution >= 4 is 0 Å². The van der Waals surface area contributed by atoms with Gasteiger partial charge >= 0.3 is 0 Å². The van der Waals surface area contributed by atoms with Crippen LogP contribution in [0.4, 0.5) is 0 Å². The molecule has 1 fully saturated rings. The van der Waals surface area contributed by atoms with E-state index in [0.717, 1.165) is 6.42 Å². The molecule has 3 heteroatoms. The van der Waals surface area contributed by atoms with Gasteiger partial charge in [-0.3, -0.25) is 0 Å². The number of likely N-dealkylation sites (tertiary alicyclic amines) is 1. The molecule has 1 aromatic rings. The van der Waals surface area contributed by atoms with E-state index in [0.29, 0.717) is 17.3 Å². The summed E-state index contributed by atoms with van der Waals surface area (Å²) in [7, 11) is 2.07. The van der Waals surface area contributed by atoms with E-state index in [1.54, 1.807) is 12.1 Å². The Labute approximate surface area is 123 Å². The van der Waals surface area contributed by atoms with E-state index >= 15 is 0 Å². The highest BCUT2D eigenvalue weighted by Gasteiger charge is 2.29. The lowest BCUT2D eigenvalue weighted by Gasteiger charge is -2.42. The number of piperidine rings is 1. The Kier molecular flexibility index (Phi) is 5.06. The van der Waals surface area contributed by atoms with Crippen molar-refractivity contribution in [1.29, 1.82) is 0 Å². The van der Waals surface area contributed by atoms with Crippen LogP contribution in [0.5, 0.6) is 5.75 Å². The first-order chi connectivity index (χ1) is 9.52. The van der Waals surface area contributed by atoms with Gasteiger partial charge in [0.15, 0.2) is 0 Å². The van der Waals surface area contributed by atoms with Gasteiger partial charge in [-0.25, -0.2) is 0 Å². The number of nitrogens with zero attached hydrogens (tertiary/aromatic N) is 1. The summed E-state index contributed by atoms with van der Waals surface area (Å²) in [5, 5.41) is 12.7. The van der Waals surface area contributed by atoms with Crippen LogP contribution in [0.1, 0.15) is 38.7 Å². The van der Waals surface area contributed by atoms with Crippen LogP contribution in [-0.2, 0) is 6.42 Å². The summed E-state index contributed by atoms with van der Waals surface area (Å²) in [5.74, 6) is 0.351. The van der Waals surface area contributed by atoms with Gasteiger partial charge in [0.2, 0.25) is 0 Å². The molecule has 2 rings (SSSR count). The molecule has 112 valence electrons. The fraction of sp³-hybridized carbons (Fsp3) is 0.647. The molecule has 1 aliphatic heterocycles. The van der Waals surface area contributed by atoms with Gasteiger partial charge in [-0.2, -0.15) is 0 Å².